The molecule has 3 saturated heterocycles. The Bertz CT molecular complexity index is 1200. The molecule has 2 unspecified atom stereocenters. The molecule has 0 radical (unpaired) electrons. The van der Waals surface area contributed by atoms with Gasteiger partial charge < -0.3 is 19.6 Å². The smallest absolute Gasteiger partial charge is 0.255 e. The molecule has 0 saturated carbocycles. The van der Waals surface area contributed by atoms with Crippen LogP contribution < -0.4 is 4.90 Å². The van der Waals surface area contributed by atoms with Gasteiger partial charge >= 0.3 is 0 Å². The number of likely N-dealkylation sites (tertiary alicyclic amines) is 3. The van der Waals surface area contributed by atoms with Crippen molar-refractivity contribution in [2.45, 2.75) is 47.0 Å². The van der Waals surface area contributed by atoms with Gasteiger partial charge in [0.1, 0.15) is 0 Å². The van der Waals surface area contributed by atoms with Crippen molar-refractivity contribution in [2.24, 2.45) is 17.8 Å². The summed E-state index contributed by atoms with van der Waals surface area (Å²) in [5.74, 6) is 1.35. The minimum atomic E-state index is -0.0429. The topological polar surface area (TPSA) is 77.1 Å². The summed E-state index contributed by atoms with van der Waals surface area (Å²) in [6, 6.07) is 10.2. The van der Waals surface area contributed by atoms with Crippen LogP contribution in [0, 0.1) is 38.5 Å². The quantitative estimate of drug-likeness (QED) is 0.531. The number of rotatable bonds is 7. The fourth-order valence-corrected chi connectivity index (χ4v) is 6.82. The van der Waals surface area contributed by atoms with Crippen LogP contribution in [0.1, 0.15) is 53.4 Å². The molecule has 40 heavy (non-hydrogen) atoms. The molecular formula is C32H43N5O3. The third-order valence-corrected chi connectivity index (χ3v) is 9.17. The number of hydrogen-bond acceptors (Lipinski definition) is 5. The molecule has 3 aliphatic heterocycles. The summed E-state index contributed by atoms with van der Waals surface area (Å²) >= 11 is 0. The Labute approximate surface area is 238 Å². The Hall–Kier alpha value is -3.26. The maximum absolute atomic E-state index is 13.7. The molecule has 8 heteroatoms. The van der Waals surface area contributed by atoms with E-state index in [4.69, 9.17) is 0 Å². The molecule has 4 heterocycles. The van der Waals surface area contributed by atoms with E-state index in [2.05, 4.69) is 41.1 Å². The van der Waals surface area contributed by atoms with E-state index in [1.807, 2.05) is 34.6 Å². The van der Waals surface area contributed by atoms with Gasteiger partial charge in [0.15, 0.2) is 0 Å². The molecule has 0 bridgehead atoms. The Balaban J connectivity index is 1.15. The predicted molar refractivity (Wildman–Crippen MR) is 156 cm³/mol. The number of pyridine rings is 1. The number of carbonyl (C=O) groups is 3. The molecule has 8 nitrogen and oxygen atoms in total. The number of amides is 3. The molecule has 2 atom stereocenters. The zero-order chi connectivity index (χ0) is 28.4. The second-order valence-corrected chi connectivity index (χ2v) is 12.0. The van der Waals surface area contributed by atoms with Crippen LogP contribution in [0.5, 0.6) is 0 Å². The Kier molecular flexibility index (Phi) is 8.54. The van der Waals surface area contributed by atoms with Crippen molar-refractivity contribution in [2.75, 3.05) is 57.3 Å². The number of benzene rings is 1. The van der Waals surface area contributed by atoms with Gasteiger partial charge in [-0.3, -0.25) is 19.4 Å². The highest BCUT2D eigenvalue weighted by atomic mass is 16.2. The first-order chi connectivity index (χ1) is 19.2. The molecule has 1 aromatic carbocycles. The van der Waals surface area contributed by atoms with E-state index in [1.165, 1.54) is 5.56 Å². The van der Waals surface area contributed by atoms with Crippen molar-refractivity contribution in [1.29, 1.82) is 0 Å². The summed E-state index contributed by atoms with van der Waals surface area (Å²) < 4.78 is 0. The van der Waals surface area contributed by atoms with Gasteiger partial charge in [-0.2, -0.15) is 0 Å². The summed E-state index contributed by atoms with van der Waals surface area (Å²) in [5.41, 5.74) is 4.69. The van der Waals surface area contributed by atoms with Gasteiger partial charge in [0, 0.05) is 70.5 Å². The number of fused-ring (bicyclic) bond motifs is 1. The molecule has 3 aliphatic rings. The fourth-order valence-electron chi connectivity index (χ4n) is 6.82. The lowest BCUT2D eigenvalue weighted by Gasteiger charge is -2.34. The molecule has 3 amide bonds. The van der Waals surface area contributed by atoms with E-state index >= 15 is 0 Å². The number of piperidine rings is 1. The average Bonchev–Trinajstić information content (AvgIpc) is 3.50. The maximum Gasteiger partial charge on any atom is 0.255 e. The normalized spacial score (nSPS) is 21.5. The van der Waals surface area contributed by atoms with Gasteiger partial charge in [-0.1, -0.05) is 17.7 Å². The molecule has 0 aliphatic carbocycles. The molecule has 1 aromatic heterocycles. The number of nitrogens with zero attached hydrogens (tertiary/aromatic N) is 5. The molecule has 0 spiro atoms. The van der Waals surface area contributed by atoms with E-state index in [0.29, 0.717) is 31.5 Å². The molecule has 0 N–H and O–H groups in total. The lowest BCUT2D eigenvalue weighted by atomic mass is 9.94. The van der Waals surface area contributed by atoms with Crippen LogP contribution >= 0.6 is 0 Å². The van der Waals surface area contributed by atoms with E-state index < -0.39 is 0 Å². The minimum Gasteiger partial charge on any atom is -0.343 e. The number of anilines is 1. The van der Waals surface area contributed by atoms with Gasteiger partial charge in [-0.25, -0.2) is 0 Å². The van der Waals surface area contributed by atoms with Crippen LogP contribution in [-0.2, 0) is 9.59 Å². The largest absolute Gasteiger partial charge is 0.343 e. The van der Waals surface area contributed by atoms with Crippen molar-refractivity contribution in [3.63, 3.8) is 0 Å². The zero-order valence-electron chi connectivity index (χ0n) is 24.4. The van der Waals surface area contributed by atoms with Gasteiger partial charge in [0.25, 0.3) is 5.91 Å². The van der Waals surface area contributed by atoms with E-state index in [-0.39, 0.29) is 23.6 Å². The van der Waals surface area contributed by atoms with Crippen LogP contribution in [0.15, 0.2) is 36.5 Å². The first-order valence-corrected chi connectivity index (χ1v) is 14.8. The van der Waals surface area contributed by atoms with Crippen molar-refractivity contribution in [1.82, 2.24) is 19.7 Å². The number of aromatic nitrogens is 1. The second kappa shape index (κ2) is 12.1. The second-order valence-electron chi connectivity index (χ2n) is 12.0. The van der Waals surface area contributed by atoms with Gasteiger partial charge in [0.2, 0.25) is 11.8 Å². The fraction of sp³-hybridized carbons (Fsp3) is 0.562. The van der Waals surface area contributed by atoms with E-state index in [0.717, 1.165) is 74.5 Å². The highest BCUT2D eigenvalue weighted by molar-refractivity contribution is 5.97. The lowest BCUT2D eigenvalue weighted by molar-refractivity contribution is -0.133. The van der Waals surface area contributed by atoms with Crippen molar-refractivity contribution in [3.8, 4) is 0 Å². The molecule has 2 aromatic rings. The van der Waals surface area contributed by atoms with Gasteiger partial charge in [0.05, 0.1) is 11.3 Å². The Morgan fingerprint density at radius 2 is 1.55 bits per heavy atom. The highest BCUT2D eigenvalue weighted by Crippen LogP contribution is 2.33. The summed E-state index contributed by atoms with van der Waals surface area (Å²) in [6.07, 6.45) is 4.12. The van der Waals surface area contributed by atoms with Gasteiger partial charge in [-0.15, -0.1) is 0 Å². The van der Waals surface area contributed by atoms with Crippen molar-refractivity contribution >= 4 is 23.4 Å². The third kappa shape index (κ3) is 6.07. The average molecular weight is 546 g/mol. The van der Waals surface area contributed by atoms with Crippen LogP contribution in [0.3, 0.4) is 0 Å². The summed E-state index contributed by atoms with van der Waals surface area (Å²) in [4.78, 5) is 51.4. The van der Waals surface area contributed by atoms with Gasteiger partial charge in [-0.05, 0) is 82.2 Å². The maximum atomic E-state index is 13.7. The van der Waals surface area contributed by atoms with Crippen LogP contribution in [0.25, 0.3) is 0 Å². The summed E-state index contributed by atoms with van der Waals surface area (Å²) in [5, 5.41) is 0. The molecule has 3 fully saturated rings. The third-order valence-electron chi connectivity index (χ3n) is 9.17. The van der Waals surface area contributed by atoms with E-state index in [9.17, 15) is 14.4 Å². The molecular weight excluding hydrogens is 502 g/mol. The summed E-state index contributed by atoms with van der Waals surface area (Å²) in [7, 11) is 0. The molecule has 214 valence electrons. The Morgan fingerprint density at radius 3 is 2.15 bits per heavy atom. The SMILES string of the molecule is CC(=O)N1CCC(C(=O)N(CCCN2CC3CN(C(=O)c4c(C)ccnc4C)CC3C2)c2ccc(C)cc2)CC1. The highest BCUT2D eigenvalue weighted by Gasteiger charge is 2.42. The lowest BCUT2D eigenvalue weighted by Crippen LogP contribution is -2.44. The number of hydrogen-bond donors (Lipinski definition) is 0. The standard InChI is InChI=1S/C32H43N5O3/c1-22-6-8-29(9-7-22)37(31(39)26-11-16-35(17-12-26)25(4)38)15-5-14-34-18-27-20-36(21-28(27)19-34)32(40)30-23(2)10-13-33-24(30)3/h6-10,13,26-28H,5,11-12,14-21H2,1-4H3. The zero-order valence-corrected chi connectivity index (χ0v) is 24.4. The van der Waals surface area contributed by atoms with Crippen molar-refractivity contribution < 1.29 is 14.4 Å². The van der Waals surface area contributed by atoms with Crippen molar-refractivity contribution in [3.05, 3.63) is 58.9 Å². The first-order valence-electron chi connectivity index (χ1n) is 14.8. The summed E-state index contributed by atoms with van der Waals surface area (Å²) in [6.45, 7) is 14.1. The Morgan fingerprint density at radius 1 is 0.900 bits per heavy atom. The van der Waals surface area contributed by atoms with Crippen LogP contribution in [0.4, 0.5) is 5.69 Å². The first kappa shape index (κ1) is 28.3. The number of carbonyl (C=O) groups excluding carboxylic acids is 3. The van der Waals surface area contributed by atoms with E-state index in [1.54, 1.807) is 13.1 Å². The van der Waals surface area contributed by atoms with Crippen LogP contribution in [0.2, 0.25) is 0 Å². The predicted octanol–water partition coefficient (Wildman–Crippen LogP) is 3.69. The molecule has 5 rings (SSSR count). The van der Waals surface area contributed by atoms with Crippen LogP contribution in [-0.4, -0.2) is 89.8 Å². The number of aryl methyl sites for hydroxylation is 3. The monoisotopic (exact) mass is 545 g/mol. The minimum absolute atomic E-state index is 0.0429.